The maximum Gasteiger partial charge on any atom is 0.257 e. The van der Waals surface area contributed by atoms with Crippen LogP contribution in [0.4, 0.5) is 5.69 Å². The molecular formula is C19H20N2O3S. The van der Waals surface area contributed by atoms with E-state index in [0.717, 1.165) is 0 Å². The van der Waals surface area contributed by atoms with Crippen LogP contribution in [0.15, 0.2) is 61.2 Å². The van der Waals surface area contributed by atoms with Gasteiger partial charge >= 0.3 is 0 Å². The van der Waals surface area contributed by atoms with Gasteiger partial charge in [-0.2, -0.15) is 0 Å². The molecule has 0 heterocycles. The second-order valence-corrected chi connectivity index (χ2v) is 5.37. The zero-order chi connectivity index (χ0) is 18.1. The van der Waals surface area contributed by atoms with Crippen molar-refractivity contribution in [3.05, 3.63) is 66.7 Å². The first-order valence-electron chi connectivity index (χ1n) is 7.82. The van der Waals surface area contributed by atoms with Crippen molar-refractivity contribution >= 4 is 28.9 Å². The molecule has 6 heteroatoms. The normalized spacial score (nSPS) is 9.80. The highest BCUT2D eigenvalue weighted by Crippen LogP contribution is 2.23. The van der Waals surface area contributed by atoms with Gasteiger partial charge in [-0.1, -0.05) is 24.8 Å². The molecule has 0 bridgehead atoms. The van der Waals surface area contributed by atoms with Crippen LogP contribution in [-0.2, 0) is 0 Å². The van der Waals surface area contributed by atoms with Gasteiger partial charge in [-0.05, 0) is 55.5 Å². The lowest BCUT2D eigenvalue weighted by molar-refractivity contribution is 0.0977. The average molecular weight is 356 g/mol. The number of hydrogen-bond acceptors (Lipinski definition) is 4. The number of carbonyl (C=O) groups is 1. The number of thiocarbonyl (C=S) groups is 1. The van der Waals surface area contributed by atoms with Gasteiger partial charge in [0.15, 0.2) is 5.11 Å². The Labute approximate surface area is 152 Å². The van der Waals surface area contributed by atoms with Crippen LogP contribution in [0.25, 0.3) is 0 Å². The third kappa shape index (κ3) is 5.61. The van der Waals surface area contributed by atoms with Crippen molar-refractivity contribution in [2.75, 3.05) is 18.5 Å². The summed E-state index contributed by atoms with van der Waals surface area (Å²) in [4.78, 5) is 12.2. The van der Waals surface area contributed by atoms with E-state index in [0.29, 0.717) is 36.0 Å². The van der Waals surface area contributed by atoms with E-state index in [1.807, 2.05) is 31.2 Å². The van der Waals surface area contributed by atoms with Crippen LogP contribution >= 0.6 is 12.2 Å². The molecular weight excluding hydrogens is 336 g/mol. The van der Waals surface area contributed by atoms with E-state index in [1.54, 1.807) is 30.3 Å². The number of benzene rings is 2. The van der Waals surface area contributed by atoms with E-state index in [-0.39, 0.29) is 11.0 Å². The lowest BCUT2D eigenvalue weighted by Gasteiger charge is -2.13. The Morgan fingerprint density at radius 3 is 2.56 bits per heavy atom. The number of nitrogens with one attached hydrogen (secondary N) is 2. The fraction of sp³-hybridized carbons (Fsp3) is 0.158. The molecule has 5 nitrogen and oxygen atoms in total. The Balaban J connectivity index is 1.97. The largest absolute Gasteiger partial charge is 0.494 e. The first kappa shape index (κ1) is 18.5. The summed E-state index contributed by atoms with van der Waals surface area (Å²) in [5.41, 5.74) is 1.16. The lowest BCUT2D eigenvalue weighted by Crippen LogP contribution is -2.34. The van der Waals surface area contributed by atoms with E-state index in [4.69, 9.17) is 21.7 Å². The SMILES string of the molecule is C=CCOc1ccccc1NC(=S)NC(=O)c1ccc(OCC)cc1. The molecule has 130 valence electrons. The zero-order valence-electron chi connectivity index (χ0n) is 14.0. The molecule has 0 saturated heterocycles. The van der Waals surface area contributed by atoms with E-state index >= 15 is 0 Å². The molecule has 0 saturated carbocycles. The van der Waals surface area contributed by atoms with Gasteiger partial charge in [0.1, 0.15) is 18.1 Å². The smallest absolute Gasteiger partial charge is 0.257 e. The topological polar surface area (TPSA) is 59.6 Å². The summed E-state index contributed by atoms with van der Waals surface area (Å²) in [5.74, 6) is 1.04. The molecule has 2 rings (SSSR count). The Hall–Kier alpha value is -2.86. The minimum Gasteiger partial charge on any atom is -0.494 e. The van der Waals surface area contributed by atoms with Gasteiger partial charge in [-0.3, -0.25) is 10.1 Å². The van der Waals surface area contributed by atoms with Gasteiger partial charge in [0.25, 0.3) is 5.91 Å². The van der Waals surface area contributed by atoms with Crippen molar-refractivity contribution in [1.29, 1.82) is 0 Å². The fourth-order valence-electron chi connectivity index (χ4n) is 2.04. The summed E-state index contributed by atoms with van der Waals surface area (Å²) in [6.07, 6.45) is 1.66. The summed E-state index contributed by atoms with van der Waals surface area (Å²) in [5, 5.41) is 5.80. The van der Waals surface area contributed by atoms with Gasteiger partial charge in [0, 0.05) is 5.56 Å². The van der Waals surface area contributed by atoms with Crippen LogP contribution in [-0.4, -0.2) is 24.2 Å². The van der Waals surface area contributed by atoms with Crippen molar-refractivity contribution in [1.82, 2.24) is 5.32 Å². The second-order valence-electron chi connectivity index (χ2n) is 4.96. The molecule has 0 spiro atoms. The maximum atomic E-state index is 12.2. The van der Waals surface area contributed by atoms with Crippen molar-refractivity contribution in [2.45, 2.75) is 6.92 Å². The summed E-state index contributed by atoms with van der Waals surface area (Å²) in [6, 6.07) is 14.2. The van der Waals surface area contributed by atoms with E-state index in [2.05, 4.69) is 17.2 Å². The van der Waals surface area contributed by atoms with Gasteiger partial charge in [0.2, 0.25) is 0 Å². The van der Waals surface area contributed by atoms with Crippen LogP contribution in [0.1, 0.15) is 17.3 Å². The molecule has 2 aromatic carbocycles. The first-order chi connectivity index (χ1) is 12.1. The molecule has 0 radical (unpaired) electrons. The summed E-state index contributed by atoms with van der Waals surface area (Å²) in [7, 11) is 0. The number of amides is 1. The number of carbonyl (C=O) groups excluding carboxylic acids is 1. The second kappa shape index (κ2) is 9.44. The molecule has 0 atom stereocenters. The van der Waals surface area contributed by atoms with Crippen LogP contribution in [0.5, 0.6) is 11.5 Å². The number of rotatable bonds is 7. The van der Waals surface area contributed by atoms with Gasteiger partial charge in [0.05, 0.1) is 12.3 Å². The molecule has 0 aliphatic rings. The molecule has 0 fully saturated rings. The van der Waals surface area contributed by atoms with Gasteiger partial charge in [-0.25, -0.2) is 0 Å². The minimum atomic E-state index is -0.301. The third-order valence-electron chi connectivity index (χ3n) is 3.15. The number of anilines is 1. The highest BCUT2D eigenvalue weighted by Gasteiger charge is 2.10. The molecule has 2 N–H and O–H groups in total. The molecule has 2 aromatic rings. The predicted molar refractivity (Wildman–Crippen MR) is 103 cm³/mol. The van der Waals surface area contributed by atoms with Crippen LogP contribution < -0.4 is 20.1 Å². The molecule has 0 aromatic heterocycles. The van der Waals surface area contributed by atoms with Crippen molar-refractivity contribution < 1.29 is 14.3 Å². The van der Waals surface area contributed by atoms with Crippen LogP contribution in [0.3, 0.4) is 0 Å². The molecule has 1 amide bonds. The molecule has 0 aliphatic heterocycles. The number of ether oxygens (including phenoxy) is 2. The van der Waals surface area contributed by atoms with Crippen LogP contribution in [0, 0.1) is 0 Å². The molecule has 25 heavy (non-hydrogen) atoms. The third-order valence-corrected chi connectivity index (χ3v) is 3.35. The van der Waals surface area contributed by atoms with Gasteiger partial charge < -0.3 is 14.8 Å². The lowest BCUT2D eigenvalue weighted by atomic mass is 10.2. The Morgan fingerprint density at radius 1 is 1.16 bits per heavy atom. The average Bonchev–Trinajstić information content (AvgIpc) is 2.61. The quantitative estimate of drug-likeness (QED) is 0.584. The predicted octanol–water partition coefficient (Wildman–Crippen LogP) is 3.78. The van der Waals surface area contributed by atoms with E-state index in [9.17, 15) is 4.79 Å². The number of hydrogen-bond donors (Lipinski definition) is 2. The molecule has 0 aliphatic carbocycles. The van der Waals surface area contributed by atoms with Crippen molar-refractivity contribution in [3.63, 3.8) is 0 Å². The molecule has 0 unspecified atom stereocenters. The highest BCUT2D eigenvalue weighted by molar-refractivity contribution is 7.80. The monoisotopic (exact) mass is 356 g/mol. The van der Waals surface area contributed by atoms with Crippen molar-refractivity contribution in [3.8, 4) is 11.5 Å². The van der Waals surface area contributed by atoms with Gasteiger partial charge in [-0.15, -0.1) is 0 Å². The minimum absolute atomic E-state index is 0.188. The van der Waals surface area contributed by atoms with E-state index < -0.39 is 0 Å². The van der Waals surface area contributed by atoms with Crippen LogP contribution in [0.2, 0.25) is 0 Å². The Morgan fingerprint density at radius 2 is 1.88 bits per heavy atom. The summed E-state index contributed by atoms with van der Waals surface area (Å²) < 4.78 is 10.9. The standard InChI is InChI=1S/C19H20N2O3S/c1-3-13-24-17-8-6-5-7-16(17)20-19(25)21-18(22)14-9-11-15(12-10-14)23-4-2/h3,5-12H,1,4,13H2,2H3,(H2,20,21,22,25). The zero-order valence-corrected chi connectivity index (χ0v) is 14.8. The maximum absolute atomic E-state index is 12.2. The summed E-state index contributed by atoms with van der Waals surface area (Å²) in [6.45, 7) is 6.48. The highest BCUT2D eigenvalue weighted by atomic mass is 32.1. The van der Waals surface area contributed by atoms with Crippen molar-refractivity contribution in [2.24, 2.45) is 0 Å². The Bertz CT molecular complexity index is 745. The van der Waals surface area contributed by atoms with E-state index in [1.165, 1.54) is 0 Å². The Kier molecular flexibility index (Phi) is 6.98. The fourth-order valence-corrected chi connectivity index (χ4v) is 2.25. The summed E-state index contributed by atoms with van der Waals surface area (Å²) >= 11 is 5.21. The number of para-hydroxylation sites is 2. The first-order valence-corrected chi connectivity index (χ1v) is 8.22.